The quantitative estimate of drug-likeness (QED) is 0.152. The number of anilines is 3. The second kappa shape index (κ2) is 14.1. The number of amides is 1. The molecule has 0 aliphatic carbocycles. The number of para-hydroxylation sites is 1. The zero-order valence-electron chi connectivity index (χ0n) is 27.9. The van der Waals surface area contributed by atoms with Gasteiger partial charge in [-0.05, 0) is 76.4 Å². The minimum atomic E-state index is -4.80. The fourth-order valence-electron chi connectivity index (χ4n) is 5.76. The van der Waals surface area contributed by atoms with Gasteiger partial charge in [-0.2, -0.15) is 13.5 Å². The third-order valence-electron chi connectivity index (χ3n) is 7.93. The maximum Gasteiger partial charge on any atom is 0.410 e. The van der Waals surface area contributed by atoms with E-state index in [1.54, 1.807) is 65.7 Å². The Labute approximate surface area is 295 Å². The first-order chi connectivity index (χ1) is 23.8. The summed E-state index contributed by atoms with van der Waals surface area (Å²) in [5.41, 5.74) is 1.45. The average Bonchev–Trinajstić information content (AvgIpc) is 3.06. The smallest absolute Gasteiger partial charge is 0.410 e. The monoisotopic (exact) mass is 717 g/mol. The van der Waals surface area contributed by atoms with E-state index in [1.807, 2.05) is 27.7 Å². The Morgan fingerprint density at radius 3 is 2.56 bits per heavy atom. The van der Waals surface area contributed by atoms with Crippen molar-refractivity contribution in [3.8, 4) is 22.9 Å². The van der Waals surface area contributed by atoms with Crippen molar-refractivity contribution in [2.75, 3.05) is 22.7 Å². The SMILES string of the molecule is Cc1ccc2c(N(c3ccccc3Cl)S(=O)(=O)O)cccc2c1Oc1nnccc1-c1ccnc(NC2CCCN(C(=O)OC(C)(C)C)C2)n1. The van der Waals surface area contributed by atoms with Crippen LogP contribution in [0.5, 0.6) is 11.6 Å². The Balaban J connectivity index is 1.31. The van der Waals surface area contributed by atoms with Gasteiger partial charge in [0.05, 0.1) is 33.9 Å². The van der Waals surface area contributed by atoms with Gasteiger partial charge in [-0.25, -0.2) is 19.1 Å². The summed E-state index contributed by atoms with van der Waals surface area (Å²) >= 11 is 6.38. The molecule has 0 bridgehead atoms. The van der Waals surface area contributed by atoms with Crippen molar-refractivity contribution in [3.63, 3.8) is 0 Å². The van der Waals surface area contributed by atoms with Gasteiger partial charge in [0.2, 0.25) is 11.8 Å². The zero-order valence-corrected chi connectivity index (χ0v) is 29.4. The Hall–Kier alpha value is -5.05. The molecule has 2 aromatic heterocycles. The topological polar surface area (TPSA) is 160 Å². The van der Waals surface area contributed by atoms with Gasteiger partial charge in [-0.15, -0.1) is 5.10 Å². The van der Waals surface area contributed by atoms with Crippen LogP contribution in [0, 0.1) is 6.92 Å². The second-order valence-corrected chi connectivity index (χ2v) is 14.5. The summed E-state index contributed by atoms with van der Waals surface area (Å²) in [6, 6.07) is 18.2. The molecule has 1 aliphatic heterocycles. The second-order valence-electron chi connectivity index (χ2n) is 12.8. The molecule has 260 valence electrons. The highest BCUT2D eigenvalue weighted by molar-refractivity contribution is 7.87. The van der Waals surface area contributed by atoms with Gasteiger partial charge in [-0.1, -0.05) is 48.0 Å². The third kappa shape index (κ3) is 7.72. The van der Waals surface area contributed by atoms with Crippen LogP contribution in [0.3, 0.4) is 0 Å². The molecule has 0 radical (unpaired) electrons. The number of likely N-dealkylation sites (tertiary alicyclic amines) is 1. The number of ether oxygens (including phenoxy) is 2. The van der Waals surface area contributed by atoms with Crippen LogP contribution in [0.4, 0.5) is 22.1 Å². The molecule has 15 heteroatoms. The predicted molar refractivity (Wildman–Crippen MR) is 191 cm³/mol. The van der Waals surface area contributed by atoms with Crippen molar-refractivity contribution in [1.82, 2.24) is 25.1 Å². The summed E-state index contributed by atoms with van der Waals surface area (Å²) in [6.07, 6.45) is 4.42. The van der Waals surface area contributed by atoms with Crippen LogP contribution in [0.1, 0.15) is 39.2 Å². The molecule has 1 aliphatic rings. The normalized spacial score (nSPS) is 15.1. The molecular weight excluding hydrogens is 682 g/mol. The summed E-state index contributed by atoms with van der Waals surface area (Å²) in [4.78, 5) is 23.5. The van der Waals surface area contributed by atoms with E-state index in [1.165, 1.54) is 18.3 Å². The van der Waals surface area contributed by atoms with Crippen molar-refractivity contribution < 1.29 is 27.2 Å². The van der Waals surface area contributed by atoms with Crippen molar-refractivity contribution in [2.45, 2.75) is 52.2 Å². The number of nitrogens with one attached hydrogen (secondary N) is 1. The number of halogens is 1. The number of piperidine rings is 1. The number of carbonyl (C=O) groups is 1. The predicted octanol–water partition coefficient (Wildman–Crippen LogP) is 7.59. The maximum atomic E-state index is 12.8. The molecule has 5 aromatic rings. The number of fused-ring (bicyclic) bond motifs is 1. The van der Waals surface area contributed by atoms with Crippen molar-refractivity contribution in [1.29, 1.82) is 0 Å². The van der Waals surface area contributed by atoms with E-state index >= 15 is 0 Å². The molecule has 2 N–H and O–H groups in total. The van der Waals surface area contributed by atoms with Gasteiger partial charge in [0.25, 0.3) is 0 Å². The fourth-order valence-corrected chi connectivity index (χ4v) is 6.85. The van der Waals surface area contributed by atoms with E-state index in [2.05, 4.69) is 20.5 Å². The van der Waals surface area contributed by atoms with Crippen LogP contribution < -0.4 is 14.4 Å². The highest BCUT2D eigenvalue weighted by Gasteiger charge is 2.29. The van der Waals surface area contributed by atoms with E-state index < -0.39 is 15.9 Å². The average molecular weight is 718 g/mol. The number of aryl methyl sites for hydroxylation is 1. The van der Waals surface area contributed by atoms with Crippen LogP contribution in [-0.4, -0.2) is 68.9 Å². The number of benzene rings is 3. The minimum Gasteiger partial charge on any atom is -0.444 e. The molecule has 1 amide bonds. The Morgan fingerprint density at radius 2 is 1.80 bits per heavy atom. The minimum absolute atomic E-state index is 0.0848. The van der Waals surface area contributed by atoms with Crippen LogP contribution >= 0.6 is 11.6 Å². The molecule has 50 heavy (non-hydrogen) atoms. The highest BCUT2D eigenvalue weighted by Crippen LogP contribution is 2.42. The number of carbonyl (C=O) groups excluding carboxylic acids is 1. The lowest BCUT2D eigenvalue weighted by molar-refractivity contribution is 0.0206. The molecule has 0 saturated carbocycles. The summed E-state index contributed by atoms with van der Waals surface area (Å²) < 4.78 is 48.7. The van der Waals surface area contributed by atoms with Crippen LogP contribution in [0.2, 0.25) is 5.02 Å². The molecule has 3 aromatic carbocycles. The van der Waals surface area contributed by atoms with Gasteiger partial charge in [-0.3, -0.25) is 4.55 Å². The van der Waals surface area contributed by atoms with Gasteiger partial charge in [0.1, 0.15) is 11.4 Å². The van der Waals surface area contributed by atoms with Gasteiger partial charge in [0, 0.05) is 36.1 Å². The Kier molecular flexibility index (Phi) is 9.78. The third-order valence-corrected chi connectivity index (χ3v) is 9.10. The van der Waals surface area contributed by atoms with Crippen LogP contribution in [-0.2, 0) is 15.0 Å². The molecule has 1 unspecified atom stereocenters. The molecule has 1 saturated heterocycles. The lowest BCUT2D eigenvalue weighted by Gasteiger charge is -2.34. The molecule has 0 spiro atoms. The lowest BCUT2D eigenvalue weighted by atomic mass is 10.0. The Bertz CT molecular complexity index is 2160. The van der Waals surface area contributed by atoms with Crippen molar-refractivity contribution in [2.24, 2.45) is 0 Å². The van der Waals surface area contributed by atoms with E-state index in [4.69, 9.17) is 26.1 Å². The van der Waals surface area contributed by atoms with Crippen LogP contribution in [0.25, 0.3) is 22.0 Å². The zero-order chi connectivity index (χ0) is 35.6. The van der Waals surface area contributed by atoms with E-state index in [9.17, 15) is 17.8 Å². The molecule has 6 rings (SSSR count). The maximum absolute atomic E-state index is 12.8. The standard InChI is InChI=1S/C35H36ClN7O6S/c1-22-14-15-24-25(10-7-13-29(24)43(50(45,46)47)30-12-6-5-11-27(30)36)31(22)48-32-26(16-19-38-41-32)28-17-18-37-33(40-28)39-23-9-8-20-42(21-23)34(44)49-35(2,3)4/h5-7,10-19,23H,8-9,20-21H2,1-4H3,(H,37,39,40)(H,45,46,47). The van der Waals surface area contributed by atoms with Crippen LogP contribution in [0.15, 0.2) is 79.1 Å². The summed E-state index contributed by atoms with van der Waals surface area (Å²) in [6.45, 7) is 8.43. The van der Waals surface area contributed by atoms with Crippen molar-refractivity contribution >= 4 is 56.1 Å². The van der Waals surface area contributed by atoms with Gasteiger partial charge < -0.3 is 19.7 Å². The largest absolute Gasteiger partial charge is 0.444 e. The first-order valence-corrected chi connectivity index (χ1v) is 17.7. The summed E-state index contributed by atoms with van der Waals surface area (Å²) in [7, 11) is -4.80. The lowest BCUT2D eigenvalue weighted by Crippen LogP contribution is -2.47. The number of rotatable bonds is 8. The number of nitrogens with zero attached hydrogens (tertiary/aromatic N) is 6. The highest BCUT2D eigenvalue weighted by atomic mass is 35.5. The number of aromatic nitrogens is 4. The molecule has 13 nitrogen and oxygen atoms in total. The summed E-state index contributed by atoms with van der Waals surface area (Å²) in [5.74, 6) is 0.930. The number of hydrogen-bond acceptors (Lipinski definition) is 10. The van der Waals surface area contributed by atoms with Crippen molar-refractivity contribution in [3.05, 3.63) is 89.7 Å². The summed E-state index contributed by atoms with van der Waals surface area (Å²) in [5, 5.41) is 12.8. The fraction of sp³-hybridized carbons (Fsp3) is 0.286. The van der Waals surface area contributed by atoms with E-state index in [0.29, 0.717) is 46.8 Å². The van der Waals surface area contributed by atoms with Gasteiger partial charge >= 0.3 is 16.4 Å². The van der Waals surface area contributed by atoms with Gasteiger partial charge in [0.15, 0.2) is 0 Å². The number of hydrogen-bond donors (Lipinski definition) is 2. The van der Waals surface area contributed by atoms with E-state index in [-0.39, 0.29) is 34.4 Å². The first kappa shape index (κ1) is 34.8. The molecule has 1 fully saturated rings. The first-order valence-electron chi connectivity index (χ1n) is 15.9. The molecular formula is C35H36ClN7O6S. The van der Waals surface area contributed by atoms with E-state index in [0.717, 1.165) is 22.7 Å². The Morgan fingerprint density at radius 1 is 1.02 bits per heavy atom. The molecule has 1 atom stereocenters. The molecule has 3 heterocycles.